The number of esters is 1. The molecule has 1 saturated heterocycles. The zero-order valence-electron chi connectivity index (χ0n) is 32.2. The number of Topliss-reactive ketones (excluding diaryl/α,β-unsaturated/α-hetero) is 1. The van der Waals surface area contributed by atoms with Crippen LogP contribution in [0.1, 0.15) is 98.3 Å². The summed E-state index contributed by atoms with van der Waals surface area (Å²) in [5.41, 5.74) is 1.19. The minimum Gasteiger partial charge on any atom is -0.464 e. The van der Waals surface area contributed by atoms with Gasteiger partial charge in [0.05, 0.1) is 12.6 Å². The summed E-state index contributed by atoms with van der Waals surface area (Å²) < 4.78 is 5.30. The molecule has 0 aromatic rings. The van der Waals surface area contributed by atoms with Gasteiger partial charge in [-0.05, 0) is 77.6 Å². The first-order valence-corrected chi connectivity index (χ1v) is 18.3. The maximum absolute atomic E-state index is 12.7. The number of hydroxylamine groups is 6. The Morgan fingerprint density at radius 1 is 0.836 bits per heavy atom. The summed E-state index contributed by atoms with van der Waals surface area (Å²) >= 11 is 0. The Bertz CT molecular complexity index is 1340. The van der Waals surface area contributed by atoms with Gasteiger partial charge in [0.25, 0.3) is 11.8 Å². The number of nitrogens with zero attached hydrogens (tertiary/aromatic N) is 3. The third-order valence-corrected chi connectivity index (χ3v) is 8.76. The van der Waals surface area contributed by atoms with Gasteiger partial charge in [-0.1, -0.05) is 18.1 Å². The van der Waals surface area contributed by atoms with Crippen LogP contribution in [0.5, 0.6) is 0 Å². The average molecular weight is 826 g/mol. The van der Waals surface area contributed by atoms with Gasteiger partial charge in [0, 0.05) is 87.8 Å². The number of carbonyl (C=O) groups is 7. The van der Waals surface area contributed by atoms with Gasteiger partial charge in [0.2, 0.25) is 17.7 Å². The molecule has 55 heavy (non-hydrogen) atoms. The maximum atomic E-state index is 12.7. The molecule has 19 heteroatoms. The van der Waals surface area contributed by atoms with Crippen LogP contribution in [-0.2, 0) is 55.4 Å². The molecule has 1 fully saturated rings. The summed E-state index contributed by atoms with van der Waals surface area (Å²) in [4.78, 5) is 86.2. The van der Waals surface area contributed by atoms with Gasteiger partial charge in [-0.2, -0.15) is 0 Å². The summed E-state index contributed by atoms with van der Waals surface area (Å²) in [6, 6.07) is -1.78. The number of rotatable bonds is 25. The van der Waals surface area contributed by atoms with Crippen molar-refractivity contribution in [3.8, 4) is 0 Å². The predicted octanol–water partition coefficient (Wildman–Crippen LogP) is 1.17. The maximum Gasteiger partial charge on any atom is 0.328 e. The van der Waals surface area contributed by atoms with Crippen LogP contribution in [0.25, 0.3) is 0 Å². The van der Waals surface area contributed by atoms with Crippen molar-refractivity contribution in [3.63, 3.8) is 0 Å². The number of nitrogens with one attached hydrogen (secondary N) is 2. The molecule has 1 aliphatic rings. The van der Waals surface area contributed by atoms with Gasteiger partial charge in [0.15, 0.2) is 5.78 Å². The second-order valence-corrected chi connectivity index (χ2v) is 13.7. The third-order valence-electron chi connectivity index (χ3n) is 8.76. The van der Waals surface area contributed by atoms with Crippen molar-refractivity contribution in [2.75, 3.05) is 39.5 Å². The van der Waals surface area contributed by atoms with Crippen molar-refractivity contribution < 1.29 is 81.2 Å². The van der Waals surface area contributed by atoms with Crippen LogP contribution in [0.15, 0.2) is 23.3 Å². The smallest absolute Gasteiger partial charge is 0.328 e. The Labute approximate surface area is 332 Å². The van der Waals surface area contributed by atoms with E-state index in [1.165, 1.54) is 19.1 Å². The summed E-state index contributed by atoms with van der Waals surface area (Å²) in [6.07, 6.45) is 4.43. The summed E-state index contributed by atoms with van der Waals surface area (Å²) in [5, 5.41) is 54.8. The average Bonchev–Trinajstić information content (AvgIpc) is 3.09. The van der Waals surface area contributed by atoms with Crippen LogP contribution in [-0.4, -0.2) is 134 Å². The molecular weight excluding hydrogens is 766 g/mol. The van der Waals surface area contributed by atoms with Crippen molar-refractivity contribution in [2.24, 2.45) is 11.8 Å². The number of ether oxygens (including phenoxy) is 1. The molecular formula is C36H59FeN5O13. The van der Waals surface area contributed by atoms with Crippen LogP contribution in [0.3, 0.4) is 0 Å². The molecule has 0 aromatic heterocycles. The first kappa shape index (κ1) is 51.3. The van der Waals surface area contributed by atoms with Crippen LogP contribution < -0.4 is 10.6 Å². The molecule has 0 aromatic carbocycles. The molecule has 1 aliphatic heterocycles. The Hall–Kier alpha value is -3.71. The van der Waals surface area contributed by atoms with Crippen molar-refractivity contribution >= 4 is 41.3 Å². The Kier molecular flexibility index (Phi) is 25.9. The molecule has 18 nitrogen and oxygen atoms in total. The molecule has 0 aliphatic carbocycles. The molecule has 0 spiro atoms. The molecule has 0 saturated carbocycles. The molecule has 1 heterocycles. The number of aliphatic hydroxyl groups is 2. The number of hydrogen-bond donors (Lipinski definition) is 7. The molecule has 1 unspecified atom stereocenters. The van der Waals surface area contributed by atoms with E-state index in [9.17, 15) is 49.2 Å². The van der Waals surface area contributed by atoms with Gasteiger partial charge < -0.3 is 25.6 Å². The van der Waals surface area contributed by atoms with Gasteiger partial charge in [-0.25, -0.2) is 20.0 Å². The van der Waals surface area contributed by atoms with Gasteiger partial charge in [0.1, 0.15) is 6.04 Å². The second-order valence-electron chi connectivity index (χ2n) is 13.7. The van der Waals surface area contributed by atoms with Gasteiger partial charge in [-0.3, -0.25) is 44.4 Å². The van der Waals surface area contributed by atoms with Crippen LogP contribution in [0.4, 0.5) is 0 Å². The van der Waals surface area contributed by atoms with Crippen molar-refractivity contribution in [1.82, 2.24) is 25.8 Å². The summed E-state index contributed by atoms with van der Waals surface area (Å²) in [5.74, 6) is -4.53. The minimum absolute atomic E-state index is 0. The fourth-order valence-corrected chi connectivity index (χ4v) is 5.57. The van der Waals surface area contributed by atoms with E-state index < -0.39 is 47.6 Å². The van der Waals surface area contributed by atoms with E-state index in [1.807, 2.05) is 0 Å². The fraction of sp³-hybridized carbons (Fsp3) is 0.694. The number of piperidine rings is 1. The number of hydrogen-bond acceptors (Lipinski definition) is 13. The molecule has 1 rings (SSSR count). The Balaban J connectivity index is 0.0000292. The predicted molar refractivity (Wildman–Crippen MR) is 191 cm³/mol. The Morgan fingerprint density at radius 2 is 1.36 bits per heavy atom. The van der Waals surface area contributed by atoms with Crippen LogP contribution in [0.2, 0.25) is 0 Å². The van der Waals surface area contributed by atoms with Gasteiger partial charge >= 0.3 is 5.97 Å². The van der Waals surface area contributed by atoms with E-state index in [0.29, 0.717) is 32.8 Å². The van der Waals surface area contributed by atoms with Crippen molar-refractivity contribution in [1.29, 1.82) is 0 Å². The zero-order chi connectivity index (χ0) is 40.8. The second kappa shape index (κ2) is 27.8. The van der Waals surface area contributed by atoms with Crippen molar-refractivity contribution in [3.05, 3.63) is 23.3 Å². The first-order valence-electron chi connectivity index (χ1n) is 18.3. The largest absolute Gasteiger partial charge is 0.464 e. The molecule has 5 amide bonds. The quantitative estimate of drug-likeness (QED) is 0.0225. The SMILES string of the molecule is CC(=O)N[C@@H](CCCN(O)C(=O)/C=C(\C)CCO)C(=O)OCCC(C)CC(=O)N(O)CCC[C@@H]1CC(=O)[C@@H](CCCN(O)C(=O)/C=C(\C)CCO)NC1=O.[Fe]. The van der Waals surface area contributed by atoms with E-state index in [2.05, 4.69) is 10.6 Å². The molecule has 4 atom stereocenters. The number of carbonyl (C=O) groups excluding carboxylic acids is 7. The first-order chi connectivity index (χ1) is 25.5. The summed E-state index contributed by atoms with van der Waals surface area (Å²) in [7, 11) is 0. The van der Waals surface area contributed by atoms with Crippen molar-refractivity contribution in [2.45, 2.75) is 110 Å². The molecule has 7 N–H and O–H groups in total. The number of aliphatic hydroxyl groups excluding tert-OH is 2. The topological polar surface area (TPSA) is 264 Å². The Morgan fingerprint density at radius 3 is 1.91 bits per heavy atom. The monoisotopic (exact) mass is 825 g/mol. The summed E-state index contributed by atoms with van der Waals surface area (Å²) in [6.45, 7) is 5.70. The van der Waals surface area contributed by atoms with E-state index in [0.717, 1.165) is 0 Å². The standard InChI is InChI=1S/C36H59N5O13.Fe/c1-24(11-17-42)20-32(46)40(52)15-6-9-29-31(45)23-28(35(49)38-29)8-5-14-39(51)34(48)22-26(3)13-19-54-36(50)30(37-27(4)44)10-7-16-41(53)33(47)21-25(2)12-18-43;/h20-21,26,28-30,42-43,51-53H,5-19,22-23H2,1-4H3,(H,37,44)(H,38,49);/b24-20+,25-21+;/t26?,28-,29-,30+;/m1./s1. The van der Waals surface area contributed by atoms with Crippen LogP contribution in [0, 0.1) is 11.8 Å². The fourth-order valence-electron chi connectivity index (χ4n) is 5.57. The van der Waals surface area contributed by atoms with E-state index >= 15 is 0 Å². The van der Waals surface area contributed by atoms with E-state index in [-0.39, 0.29) is 138 Å². The zero-order valence-corrected chi connectivity index (χ0v) is 33.3. The molecule has 314 valence electrons. The van der Waals surface area contributed by atoms with E-state index in [1.54, 1.807) is 20.8 Å². The molecule has 0 radical (unpaired) electrons. The van der Waals surface area contributed by atoms with Gasteiger partial charge in [-0.15, -0.1) is 0 Å². The number of amides is 5. The molecule has 0 bridgehead atoms. The normalized spacial score (nSPS) is 17.0. The number of ketones is 1. The minimum atomic E-state index is -1.03. The van der Waals surface area contributed by atoms with E-state index in [4.69, 9.17) is 14.9 Å². The third kappa shape index (κ3) is 21.2. The van der Waals surface area contributed by atoms with Crippen LogP contribution >= 0.6 is 0 Å².